The minimum atomic E-state index is -0.612. The van der Waals surface area contributed by atoms with E-state index in [1.54, 1.807) is 24.3 Å². The summed E-state index contributed by atoms with van der Waals surface area (Å²) in [4.78, 5) is 25.9. The highest BCUT2D eigenvalue weighted by molar-refractivity contribution is 5.95. The van der Waals surface area contributed by atoms with Crippen LogP contribution in [0, 0.1) is 5.82 Å². The number of benzene rings is 2. The first-order valence-corrected chi connectivity index (χ1v) is 9.92. The maximum Gasteiger partial charge on any atom is 0.255 e. The molecule has 0 unspecified atom stereocenters. The van der Waals surface area contributed by atoms with Crippen LogP contribution in [0.5, 0.6) is 11.5 Å². The number of nitrogens with zero attached hydrogens (tertiary/aromatic N) is 1. The predicted octanol–water partition coefficient (Wildman–Crippen LogP) is 1.50. The van der Waals surface area contributed by atoms with Crippen LogP contribution in [-0.4, -0.2) is 63.3 Å². The Hall–Kier alpha value is -3.17. The number of halogens is 1. The van der Waals surface area contributed by atoms with Crippen molar-refractivity contribution in [3.8, 4) is 11.5 Å². The standard InChI is InChI=1S/C22H26FN3O5/c1-29-20-12-16(4-7-19(20)31-14-21(24)27)22(28)25-13-18(26-8-10-30-11-9-26)15-2-5-17(23)6-3-15/h2-7,12,18H,8-11,13-14H2,1H3,(H2,24,27)(H,25,28)/t18-/m1/s1. The lowest BCUT2D eigenvalue weighted by Crippen LogP contribution is -2.43. The third-order valence-corrected chi connectivity index (χ3v) is 4.99. The molecule has 0 aromatic heterocycles. The topological polar surface area (TPSA) is 103 Å². The molecule has 0 bridgehead atoms. The van der Waals surface area contributed by atoms with Crippen molar-refractivity contribution < 1.29 is 28.2 Å². The summed E-state index contributed by atoms with van der Waals surface area (Å²) in [6, 6.07) is 10.8. The molecule has 1 aliphatic heterocycles. The molecule has 3 N–H and O–H groups in total. The second kappa shape index (κ2) is 10.7. The number of methoxy groups -OCH3 is 1. The van der Waals surface area contributed by atoms with Crippen molar-refractivity contribution in [3.63, 3.8) is 0 Å². The summed E-state index contributed by atoms with van der Waals surface area (Å²) in [5.41, 5.74) is 6.39. The largest absolute Gasteiger partial charge is 0.493 e. The van der Waals surface area contributed by atoms with Crippen molar-refractivity contribution >= 4 is 11.8 Å². The average Bonchev–Trinajstić information content (AvgIpc) is 2.79. The molecule has 1 atom stereocenters. The molecule has 0 spiro atoms. The Morgan fingerprint density at radius 2 is 1.87 bits per heavy atom. The van der Waals surface area contributed by atoms with E-state index in [0.29, 0.717) is 36.8 Å². The summed E-state index contributed by atoms with van der Waals surface area (Å²) in [7, 11) is 1.44. The number of rotatable bonds is 9. The monoisotopic (exact) mass is 431 g/mol. The zero-order valence-corrected chi connectivity index (χ0v) is 17.3. The van der Waals surface area contributed by atoms with Gasteiger partial charge in [-0.3, -0.25) is 14.5 Å². The molecular formula is C22H26FN3O5. The third-order valence-electron chi connectivity index (χ3n) is 4.99. The summed E-state index contributed by atoms with van der Waals surface area (Å²) in [6.07, 6.45) is 0. The van der Waals surface area contributed by atoms with Crippen molar-refractivity contribution in [3.05, 3.63) is 59.4 Å². The quantitative estimate of drug-likeness (QED) is 0.624. The fourth-order valence-electron chi connectivity index (χ4n) is 3.40. The molecule has 2 amide bonds. The van der Waals surface area contributed by atoms with Gasteiger partial charge in [-0.05, 0) is 35.9 Å². The molecule has 1 saturated heterocycles. The van der Waals surface area contributed by atoms with Crippen LogP contribution < -0.4 is 20.5 Å². The van der Waals surface area contributed by atoms with Gasteiger partial charge in [-0.1, -0.05) is 12.1 Å². The highest BCUT2D eigenvalue weighted by Gasteiger charge is 2.23. The molecule has 9 heteroatoms. The third kappa shape index (κ3) is 6.16. The zero-order valence-electron chi connectivity index (χ0n) is 17.3. The van der Waals surface area contributed by atoms with Crippen LogP contribution in [0.1, 0.15) is 22.0 Å². The van der Waals surface area contributed by atoms with E-state index in [-0.39, 0.29) is 24.4 Å². The van der Waals surface area contributed by atoms with Gasteiger partial charge in [0.1, 0.15) is 5.82 Å². The molecule has 0 aliphatic carbocycles. The average molecular weight is 431 g/mol. The van der Waals surface area contributed by atoms with Crippen molar-refractivity contribution in [2.75, 3.05) is 46.6 Å². The van der Waals surface area contributed by atoms with Gasteiger partial charge in [0.05, 0.1) is 26.4 Å². The lowest BCUT2D eigenvalue weighted by molar-refractivity contribution is -0.119. The minimum absolute atomic E-state index is 0.117. The van der Waals surface area contributed by atoms with Crippen LogP contribution in [-0.2, 0) is 9.53 Å². The van der Waals surface area contributed by atoms with Crippen LogP contribution in [0.2, 0.25) is 0 Å². The normalized spacial score (nSPS) is 15.2. The van der Waals surface area contributed by atoms with Crippen molar-refractivity contribution in [2.45, 2.75) is 6.04 Å². The maximum absolute atomic E-state index is 13.4. The Balaban J connectivity index is 1.71. The number of nitrogens with one attached hydrogen (secondary N) is 1. The molecule has 2 aromatic carbocycles. The SMILES string of the molecule is COc1cc(C(=O)NC[C@H](c2ccc(F)cc2)N2CCOCC2)ccc1OCC(N)=O. The van der Waals surface area contributed by atoms with E-state index in [1.807, 2.05) is 0 Å². The Morgan fingerprint density at radius 1 is 1.16 bits per heavy atom. The summed E-state index contributed by atoms with van der Waals surface area (Å²) in [6.45, 7) is 2.70. The Labute approximate surface area is 180 Å². The smallest absolute Gasteiger partial charge is 0.255 e. The summed E-state index contributed by atoms with van der Waals surface area (Å²) in [5, 5.41) is 2.94. The molecule has 2 aromatic rings. The molecule has 8 nitrogen and oxygen atoms in total. The van der Waals surface area contributed by atoms with E-state index in [2.05, 4.69) is 10.2 Å². The number of primary amides is 1. The van der Waals surface area contributed by atoms with Gasteiger partial charge >= 0.3 is 0 Å². The lowest BCUT2D eigenvalue weighted by atomic mass is 10.0. The number of carbonyl (C=O) groups is 2. The van der Waals surface area contributed by atoms with Gasteiger partial charge in [0, 0.05) is 25.2 Å². The van der Waals surface area contributed by atoms with E-state index < -0.39 is 5.91 Å². The summed E-state index contributed by atoms with van der Waals surface area (Å²) >= 11 is 0. The predicted molar refractivity (Wildman–Crippen MR) is 112 cm³/mol. The van der Waals surface area contributed by atoms with Gasteiger partial charge in [-0.25, -0.2) is 4.39 Å². The maximum atomic E-state index is 13.4. The van der Waals surface area contributed by atoms with E-state index in [0.717, 1.165) is 18.7 Å². The Morgan fingerprint density at radius 3 is 2.52 bits per heavy atom. The number of hydrogen-bond donors (Lipinski definition) is 2. The molecule has 0 radical (unpaired) electrons. The number of morpholine rings is 1. The van der Waals surface area contributed by atoms with Gasteiger partial charge in [-0.15, -0.1) is 0 Å². The number of amides is 2. The molecule has 31 heavy (non-hydrogen) atoms. The number of ether oxygens (including phenoxy) is 3. The molecule has 1 fully saturated rings. The first-order valence-electron chi connectivity index (χ1n) is 9.92. The first-order chi connectivity index (χ1) is 15.0. The van der Waals surface area contributed by atoms with E-state index in [9.17, 15) is 14.0 Å². The van der Waals surface area contributed by atoms with E-state index in [4.69, 9.17) is 19.9 Å². The number of hydrogen-bond acceptors (Lipinski definition) is 6. The summed E-state index contributed by atoms with van der Waals surface area (Å²) in [5.74, 6) is -0.578. The highest BCUT2D eigenvalue weighted by atomic mass is 19.1. The molecule has 166 valence electrons. The Kier molecular flexibility index (Phi) is 7.80. The van der Waals surface area contributed by atoms with E-state index in [1.165, 1.54) is 25.3 Å². The number of carbonyl (C=O) groups excluding carboxylic acids is 2. The second-order valence-electron chi connectivity index (χ2n) is 7.05. The molecular weight excluding hydrogens is 405 g/mol. The Bertz CT molecular complexity index is 901. The number of nitrogens with two attached hydrogens (primary N) is 1. The second-order valence-corrected chi connectivity index (χ2v) is 7.05. The molecule has 0 saturated carbocycles. The van der Waals surface area contributed by atoms with Crippen molar-refractivity contribution in [1.82, 2.24) is 10.2 Å². The van der Waals surface area contributed by atoms with E-state index >= 15 is 0 Å². The molecule has 1 aliphatic rings. The zero-order chi connectivity index (χ0) is 22.2. The van der Waals surface area contributed by atoms with Crippen LogP contribution in [0.25, 0.3) is 0 Å². The van der Waals surface area contributed by atoms with Gasteiger partial charge in [0.25, 0.3) is 11.8 Å². The summed E-state index contributed by atoms with van der Waals surface area (Å²) < 4.78 is 29.4. The lowest BCUT2D eigenvalue weighted by Gasteiger charge is -2.35. The van der Waals surface area contributed by atoms with Crippen LogP contribution in [0.3, 0.4) is 0 Å². The van der Waals surface area contributed by atoms with Gasteiger partial charge < -0.3 is 25.3 Å². The van der Waals surface area contributed by atoms with Crippen molar-refractivity contribution in [2.24, 2.45) is 5.73 Å². The highest BCUT2D eigenvalue weighted by Crippen LogP contribution is 2.28. The van der Waals surface area contributed by atoms with Gasteiger partial charge in [0.15, 0.2) is 18.1 Å². The minimum Gasteiger partial charge on any atom is -0.493 e. The first kappa shape index (κ1) is 22.5. The fraction of sp³-hybridized carbons (Fsp3) is 0.364. The van der Waals surface area contributed by atoms with Gasteiger partial charge in [-0.2, -0.15) is 0 Å². The van der Waals surface area contributed by atoms with Crippen molar-refractivity contribution in [1.29, 1.82) is 0 Å². The molecule has 1 heterocycles. The fourth-order valence-corrected chi connectivity index (χ4v) is 3.40. The van der Waals surface area contributed by atoms with Crippen LogP contribution in [0.4, 0.5) is 4.39 Å². The van der Waals surface area contributed by atoms with Crippen LogP contribution in [0.15, 0.2) is 42.5 Å². The van der Waals surface area contributed by atoms with Gasteiger partial charge in [0.2, 0.25) is 0 Å². The van der Waals surface area contributed by atoms with Crippen LogP contribution >= 0.6 is 0 Å². The molecule has 3 rings (SSSR count).